The van der Waals surface area contributed by atoms with Gasteiger partial charge in [0, 0.05) is 23.3 Å². The topological polar surface area (TPSA) is 68.6 Å². The van der Waals surface area contributed by atoms with E-state index in [4.69, 9.17) is 21.7 Å². The Labute approximate surface area is 228 Å². The summed E-state index contributed by atoms with van der Waals surface area (Å²) in [6, 6.07) is 23.2. The number of hydrogen-bond acceptors (Lipinski definition) is 5. The number of thiocarbonyl (C=S) groups is 1. The Kier molecular flexibility index (Phi) is 7.15. The molecule has 0 bridgehead atoms. The van der Waals surface area contributed by atoms with Gasteiger partial charge in [-0.15, -0.1) is 0 Å². The van der Waals surface area contributed by atoms with Crippen molar-refractivity contribution in [3.63, 3.8) is 0 Å². The number of pyridine rings is 1. The predicted molar refractivity (Wildman–Crippen MR) is 152 cm³/mol. The van der Waals surface area contributed by atoms with Gasteiger partial charge in [-0.2, -0.15) is 0 Å². The van der Waals surface area contributed by atoms with Gasteiger partial charge in [-0.25, -0.2) is 4.79 Å². The number of rotatable bonds is 7. The second kappa shape index (κ2) is 10.7. The Balaban J connectivity index is 1.66. The van der Waals surface area contributed by atoms with Gasteiger partial charge in [0.1, 0.15) is 5.75 Å². The molecule has 7 nitrogen and oxygen atoms in total. The maximum atomic E-state index is 12.6. The molecule has 0 saturated carbocycles. The zero-order valence-corrected chi connectivity index (χ0v) is 22.7. The van der Waals surface area contributed by atoms with Crippen LogP contribution in [0.25, 0.3) is 5.69 Å². The molecule has 8 heteroatoms. The first kappa shape index (κ1) is 25.5. The number of carbonyl (C=O) groups is 1. The van der Waals surface area contributed by atoms with Gasteiger partial charge in [0.05, 0.1) is 42.7 Å². The molecule has 1 aliphatic heterocycles. The number of carbonyl (C=O) groups excluding carboxylic acids is 1. The zero-order chi connectivity index (χ0) is 26.8. The van der Waals surface area contributed by atoms with Crippen LogP contribution in [-0.4, -0.2) is 34.3 Å². The van der Waals surface area contributed by atoms with Crippen LogP contribution in [0.1, 0.15) is 52.0 Å². The Morgan fingerprint density at radius 3 is 2.47 bits per heavy atom. The molecule has 1 saturated heterocycles. The van der Waals surface area contributed by atoms with Gasteiger partial charge < -0.3 is 24.3 Å². The Hall–Kier alpha value is -4.17. The van der Waals surface area contributed by atoms with Crippen molar-refractivity contribution in [2.45, 2.75) is 32.9 Å². The zero-order valence-electron chi connectivity index (χ0n) is 21.8. The number of methoxy groups -OCH3 is 1. The SMILES string of the molecule is CCOc1ccc(N2C(=S)N[C@H](c3ccccn3)[C@H]2c2cc(C)n(-c3ccccc3C(=O)OC)c2C)cc1. The Morgan fingerprint density at radius 1 is 1.05 bits per heavy atom. The first-order valence-electron chi connectivity index (χ1n) is 12.5. The molecular weight excluding hydrogens is 496 g/mol. The third-order valence-corrected chi connectivity index (χ3v) is 7.18. The fourth-order valence-corrected chi connectivity index (χ4v) is 5.57. The van der Waals surface area contributed by atoms with Crippen molar-refractivity contribution >= 4 is 29.0 Å². The summed E-state index contributed by atoms with van der Waals surface area (Å²) in [7, 11) is 1.40. The summed E-state index contributed by atoms with van der Waals surface area (Å²) in [5, 5.41) is 4.14. The summed E-state index contributed by atoms with van der Waals surface area (Å²) >= 11 is 5.90. The van der Waals surface area contributed by atoms with E-state index in [1.54, 1.807) is 12.3 Å². The van der Waals surface area contributed by atoms with E-state index in [0.717, 1.165) is 39.8 Å². The van der Waals surface area contributed by atoms with E-state index in [1.807, 2.05) is 74.5 Å². The highest BCUT2D eigenvalue weighted by molar-refractivity contribution is 7.80. The van der Waals surface area contributed by atoms with Gasteiger partial charge in [-0.05, 0) is 93.1 Å². The first-order chi connectivity index (χ1) is 18.4. The molecule has 0 aliphatic carbocycles. The standard InChI is InChI=1S/C30H30N4O3S/c1-5-37-22-15-13-21(14-16-22)34-28(27(32-30(34)38)25-11-8-9-17-31-25)24-18-19(2)33(20(24)3)26-12-7-6-10-23(26)29(35)36-4/h6-18,27-28H,5H2,1-4H3,(H,32,38)/t27-,28-/m1/s1. The minimum atomic E-state index is -0.374. The van der Waals surface area contributed by atoms with Crippen molar-refractivity contribution in [1.29, 1.82) is 0 Å². The first-order valence-corrected chi connectivity index (χ1v) is 13.0. The Bertz CT molecular complexity index is 1470. The summed E-state index contributed by atoms with van der Waals surface area (Å²) in [6.45, 7) is 6.69. The molecule has 1 aliphatic rings. The minimum absolute atomic E-state index is 0.180. The van der Waals surface area contributed by atoms with Crippen molar-refractivity contribution in [2.75, 3.05) is 18.6 Å². The summed E-state index contributed by atoms with van der Waals surface area (Å²) in [5.74, 6) is 0.436. The summed E-state index contributed by atoms with van der Waals surface area (Å²) in [6.07, 6.45) is 1.80. The lowest BCUT2D eigenvalue weighted by molar-refractivity contribution is 0.0600. The van der Waals surface area contributed by atoms with Crippen LogP contribution in [0.4, 0.5) is 5.69 Å². The molecular formula is C30H30N4O3S. The van der Waals surface area contributed by atoms with Crippen LogP contribution in [0, 0.1) is 13.8 Å². The van der Waals surface area contributed by atoms with Gasteiger partial charge in [0.25, 0.3) is 0 Å². The number of hydrogen-bond donors (Lipinski definition) is 1. The van der Waals surface area contributed by atoms with Gasteiger partial charge in [0.15, 0.2) is 5.11 Å². The van der Waals surface area contributed by atoms with E-state index in [-0.39, 0.29) is 18.1 Å². The molecule has 1 N–H and O–H groups in total. The normalized spacial score (nSPS) is 16.8. The third kappa shape index (κ3) is 4.52. The molecule has 0 spiro atoms. The van der Waals surface area contributed by atoms with Crippen LogP contribution in [0.5, 0.6) is 5.75 Å². The third-order valence-electron chi connectivity index (χ3n) is 6.86. The number of nitrogens with zero attached hydrogens (tertiary/aromatic N) is 3. The van der Waals surface area contributed by atoms with Crippen LogP contribution in [0.2, 0.25) is 0 Å². The molecule has 0 unspecified atom stereocenters. The van der Waals surface area contributed by atoms with E-state index in [1.165, 1.54) is 7.11 Å². The predicted octanol–water partition coefficient (Wildman–Crippen LogP) is 5.85. The van der Waals surface area contributed by atoms with Crippen molar-refractivity contribution in [1.82, 2.24) is 14.9 Å². The molecule has 194 valence electrons. The minimum Gasteiger partial charge on any atom is -0.494 e. The quantitative estimate of drug-likeness (QED) is 0.239. The largest absolute Gasteiger partial charge is 0.494 e. The van der Waals surface area contributed by atoms with E-state index in [9.17, 15) is 4.79 Å². The van der Waals surface area contributed by atoms with Crippen molar-refractivity contribution in [2.24, 2.45) is 0 Å². The van der Waals surface area contributed by atoms with Crippen LogP contribution in [0.15, 0.2) is 79.0 Å². The van der Waals surface area contributed by atoms with Crippen LogP contribution in [0.3, 0.4) is 0 Å². The molecule has 38 heavy (non-hydrogen) atoms. The number of anilines is 1. The number of esters is 1. The van der Waals surface area contributed by atoms with E-state index < -0.39 is 0 Å². The van der Waals surface area contributed by atoms with E-state index in [0.29, 0.717) is 17.3 Å². The molecule has 2 aromatic carbocycles. The van der Waals surface area contributed by atoms with Gasteiger partial charge in [-0.1, -0.05) is 18.2 Å². The fourth-order valence-electron chi connectivity index (χ4n) is 5.23. The highest BCUT2D eigenvalue weighted by Crippen LogP contribution is 2.44. The number of ether oxygens (including phenoxy) is 2. The number of nitrogens with one attached hydrogen (secondary N) is 1. The maximum Gasteiger partial charge on any atom is 0.339 e. The lowest BCUT2D eigenvalue weighted by Crippen LogP contribution is -2.29. The number of aromatic nitrogens is 2. The fraction of sp³-hybridized carbons (Fsp3) is 0.233. The van der Waals surface area contributed by atoms with Gasteiger partial charge in [0.2, 0.25) is 0 Å². The highest BCUT2D eigenvalue weighted by atomic mass is 32.1. The smallest absolute Gasteiger partial charge is 0.339 e. The molecule has 3 heterocycles. The molecule has 0 radical (unpaired) electrons. The molecule has 2 atom stereocenters. The number of para-hydroxylation sites is 1. The lowest BCUT2D eigenvalue weighted by Gasteiger charge is -2.28. The molecule has 0 amide bonds. The average molecular weight is 527 g/mol. The maximum absolute atomic E-state index is 12.6. The highest BCUT2D eigenvalue weighted by Gasteiger charge is 2.42. The molecule has 5 rings (SSSR count). The monoisotopic (exact) mass is 526 g/mol. The Morgan fingerprint density at radius 2 is 1.79 bits per heavy atom. The van der Waals surface area contributed by atoms with Crippen LogP contribution >= 0.6 is 12.2 Å². The lowest BCUT2D eigenvalue weighted by atomic mass is 9.96. The van der Waals surface area contributed by atoms with Gasteiger partial charge in [-0.3, -0.25) is 4.98 Å². The molecule has 1 fully saturated rings. The molecule has 4 aromatic rings. The number of aryl methyl sites for hydroxylation is 1. The van der Waals surface area contributed by atoms with E-state index >= 15 is 0 Å². The van der Waals surface area contributed by atoms with Crippen molar-refractivity contribution in [3.05, 3.63) is 107 Å². The van der Waals surface area contributed by atoms with E-state index in [2.05, 4.69) is 32.8 Å². The van der Waals surface area contributed by atoms with Crippen LogP contribution in [-0.2, 0) is 4.74 Å². The number of benzene rings is 2. The summed E-state index contributed by atoms with van der Waals surface area (Å²) < 4.78 is 12.8. The van der Waals surface area contributed by atoms with Crippen molar-refractivity contribution in [3.8, 4) is 11.4 Å². The second-order valence-electron chi connectivity index (χ2n) is 9.09. The van der Waals surface area contributed by atoms with Crippen molar-refractivity contribution < 1.29 is 14.3 Å². The summed E-state index contributed by atoms with van der Waals surface area (Å²) in [4.78, 5) is 19.4. The average Bonchev–Trinajstić information content (AvgIpc) is 3.44. The summed E-state index contributed by atoms with van der Waals surface area (Å²) in [5.41, 5.74) is 6.22. The second-order valence-corrected chi connectivity index (χ2v) is 9.48. The van der Waals surface area contributed by atoms with Gasteiger partial charge >= 0.3 is 5.97 Å². The molecule has 2 aromatic heterocycles. The van der Waals surface area contributed by atoms with Crippen LogP contribution < -0.4 is 15.0 Å².